The Bertz CT molecular complexity index is 156. The van der Waals surface area contributed by atoms with Crippen LogP contribution in [0.15, 0.2) is 0 Å². The lowest BCUT2D eigenvalue weighted by atomic mass is 10.0. The molecule has 0 aliphatic rings. The highest BCUT2D eigenvalue weighted by Gasteiger charge is 2.31. The third-order valence-electron chi connectivity index (χ3n) is 1.82. The van der Waals surface area contributed by atoms with Crippen molar-refractivity contribution >= 4 is 0 Å². The van der Waals surface area contributed by atoms with E-state index in [4.69, 9.17) is 0 Å². The second-order valence-electron chi connectivity index (χ2n) is 3.64. The lowest BCUT2D eigenvalue weighted by Gasteiger charge is -2.28. The van der Waals surface area contributed by atoms with Gasteiger partial charge in [-0.15, -0.1) is 0 Å². The van der Waals surface area contributed by atoms with E-state index in [1.54, 1.807) is 6.92 Å². The lowest BCUT2D eigenvalue weighted by molar-refractivity contribution is -0.148. The molecule has 0 rings (SSSR count). The molecular weight excluding hydrogens is 183 g/mol. The van der Waals surface area contributed by atoms with Gasteiger partial charge >= 0.3 is 6.18 Å². The number of rotatable bonds is 4. The first kappa shape index (κ1) is 12.7. The van der Waals surface area contributed by atoms with E-state index < -0.39 is 18.3 Å². The van der Waals surface area contributed by atoms with Crippen LogP contribution in [0.3, 0.4) is 0 Å². The van der Waals surface area contributed by atoms with Crippen LogP contribution in [0.5, 0.6) is 0 Å². The zero-order valence-electron chi connectivity index (χ0n) is 8.15. The number of hydrogen-bond acceptors (Lipinski definition) is 2. The molecule has 1 atom stereocenters. The van der Waals surface area contributed by atoms with E-state index >= 15 is 0 Å². The van der Waals surface area contributed by atoms with E-state index in [0.717, 1.165) is 4.90 Å². The predicted octanol–water partition coefficient (Wildman–Crippen LogP) is 1.64. The first-order valence-electron chi connectivity index (χ1n) is 4.14. The van der Waals surface area contributed by atoms with Crippen molar-refractivity contribution in [1.82, 2.24) is 4.90 Å². The van der Waals surface area contributed by atoms with Crippen molar-refractivity contribution in [2.24, 2.45) is 0 Å². The fraction of sp³-hybridized carbons (Fsp3) is 1.00. The molecule has 0 aromatic heterocycles. The van der Waals surface area contributed by atoms with Crippen molar-refractivity contribution in [2.45, 2.75) is 32.0 Å². The number of nitrogens with zero attached hydrogens (tertiary/aromatic N) is 1. The molecule has 0 spiro atoms. The van der Waals surface area contributed by atoms with Crippen LogP contribution in [0.2, 0.25) is 0 Å². The molecule has 0 radical (unpaired) electrons. The van der Waals surface area contributed by atoms with Crippen molar-refractivity contribution in [3.8, 4) is 0 Å². The summed E-state index contributed by atoms with van der Waals surface area (Å²) in [5.74, 6) is 0. The van der Waals surface area contributed by atoms with E-state index in [2.05, 4.69) is 0 Å². The number of alkyl halides is 3. The molecule has 13 heavy (non-hydrogen) atoms. The Morgan fingerprint density at radius 3 is 2.00 bits per heavy atom. The Labute approximate surface area is 76.3 Å². The minimum Gasteiger partial charge on any atom is -0.389 e. The highest BCUT2D eigenvalue weighted by molar-refractivity contribution is 4.75. The third-order valence-corrected chi connectivity index (χ3v) is 1.82. The van der Waals surface area contributed by atoms with E-state index in [0.29, 0.717) is 6.42 Å². The monoisotopic (exact) mass is 199 g/mol. The molecule has 80 valence electrons. The van der Waals surface area contributed by atoms with Crippen LogP contribution in [0.25, 0.3) is 0 Å². The van der Waals surface area contributed by atoms with Gasteiger partial charge in [-0.1, -0.05) is 6.92 Å². The van der Waals surface area contributed by atoms with Gasteiger partial charge in [-0.2, -0.15) is 13.2 Å². The second-order valence-corrected chi connectivity index (χ2v) is 3.64. The Morgan fingerprint density at radius 1 is 1.23 bits per heavy atom. The average molecular weight is 199 g/mol. The predicted molar refractivity (Wildman–Crippen MR) is 44.5 cm³/mol. The van der Waals surface area contributed by atoms with Gasteiger partial charge < -0.3 is 5.11 Å². The summed E-state index contributed by atoms with van der Waals surface area (Å²) in [7, 11) is 1.34. The van der Waals surface area contributed by atoms with Crippen LogP contribution in [0.4, 0.5) is 13.2 Å². The quantitative estimate of drug-likeness (QED) is 0.744. The summed E-state index contributed by atoms with van der Waals surface area (Å²) in [6.45, 7) is 2.31. The average Bonchev–Trinajstić information content (AvgIpc) is 1.81. The van der Waals surface area contributed by atoms with E-state index in [-0.39, 0.29) is 6.54 Å². The zero-order chi connectivity index (χ0) is 10.7. The highest BCUT2D eigenvalue weighted by Crippen LogP contribution is 2.17. The summed E-state index contributed by atoms with van der Waals surface area (Å²) in [5, 5.41) is 9.48. The molecule has 5 heteroatoms. The Kier molecular flexibility index (Phi) is 4.19. The number of hydrogen-bond donors (Lipinski definition) is 1. The lowest BCUT2D eigenvalue weighted by Crippen LogP contribution is -2.42. The topological polar surface area (TPSA) is 23.5 Å². The second kappa shape index (κ2) is 4.28. The van der Waals surface area contributed by atoms with Crippen LogP contribution in [-0.2, 0) is 0 Å². The fourth-order valence-electron chi connectivity index (χ4n) is 1.06. The van der Waals surface area contributed by atoms with E-state index in [1.807, 2.05) is 0 Å². The van der Waals surface area contributed by atoms with Crippen LogP contribution in [0.1, 0.15) is 20.3 Å². The minimum atomic E-state index is -4.20. The molecule has 0 fully saturated rings. The first-order valence-corrected chi connectivity index (χ1v) is 4.14. The van der Waals surface area contributed by atoms with Crippen molar-refractivity contribution < 1.29 is 18.3 Å². The molecule has 1 unspecified atom stereocenters. The van der Waals surface area contributed by atoms with Gasteiger partial charge in [0.2, 0.25) is 0 Å². The summed E-state index contributed by atoms with van der Waals surface area (Å²) in [4.78, 5) is 1.07. The molecular formula is C8H16F3NO. The molecule has 0 saturated heterocycles. The van der Waals surface area contributed by atoms with Gasteiger partial charge in [0.25, 0.3) is 0 Å². The SMILES string of the molecule is CCC(C)(O)CN(C)CC(F)(F)F. The largest absolute Gasteiger partial charge is 0.401 e. The van der Waals surface area contributed by atoms with E-state index in [9.17, 15) is 18.3 Å². The van der Waals surface area contributed by atoms with Gasteiger partial charge in [0, 0.05) is 6.54 Å². The minimum absolute atomic E-state index is 0.0308. The van der Waals surface area contributed by atoms with Crippen molar-refractivity contribution in [3.05, 3.63) is 0 Å². The fourth-order valence-corrected chi connectivity index (χ4v) is 1.06. The van der Waals surface area contributed by atoms with Gasteiger partial charge in [-0.3, -0.25) is 4.90 Å². The molecule has 0 amide bonds. The summed E-state index contributed by atoms with van der Waals surface area (Å²) < 4.78 is 35.6. The number of halogens is 3. The third kappa shape index (κ3) is 6.83. The normalized spacial score (nSPS) is 17.5. The molecule has 0 heterocycles. The Hall–Kier alpha value is -0.290. The Balaban J connectivity index is 3.94. The Morgan fingerprint density at radius 2 is 1.69 bits per heavy atom. The first-order chi connectivity index (χ1) is 5.66. The van der Waals surface area contributed by atoms with Gasteiger partial charge in [-0.05, 0) is 20.4 Å². The highest BCUT2D eigenvalue weighted by atomic mass is 19.4. The summed E-state index contributed by atoms with van der Waals surface area (Å²) in [6, 6.07) is 0. The maximum Gasteiger partial charge on any atom is 0.401 e. The van der Waals surface area contributed by atoms with Gasteiger partial charge in [0.05, 0.1) is 12.1 Å². The molecule has 0 saturated carbocycles. The van der Waals surface area contributed by atoms with Crippen LogP contribution in [-0.4, -0.2) is 41.9 Å². The van der Waals surface area contributed by atoms with Crippen LogP contribution >= 0.6 is 0 Å². The molecule has 0 aliphatic carbocycles. The molecule has 1 N–H and O–H groups in total. The number of likely N-dealkylation sites (N-methyl/N-ethyl adjacent to an activating group) is 1. The van der Waals surface area contributed by atoms with Gasteiger partial charge in [0.15, 0.2) is 0 Å². The zero-order valence-corrected chi connectivity index (χ0v) is 8.15. The molecule has 0 aromatic carbocycles. The molecule has 0 aliphatic heterocycles. The van der Waals surface area contributed by atoms with Crippen molar-refractivity contribution in [2.75, 3.05) is 20.1 Å². The number of aliphatic hydroxyl groups is 1. The van der Waals surface area contributed by atoms with Crippen molar-refractivity contribution in [1.29, 1.82) is 0 Å². The molecule has 0 bridgehead atoms. The van der Waals surface area contributed by atoms with Crippen molar-refractivity contribution in [3.63, 3.8) is 0 Å². The van der Waals surface area contributed by atoms with Gasteiger partial charge in [-0.25, -0.2) is 0 Å². The van der Waals surface area contributed by atoms with Crippen LogP contribution in [0, 0.1) is 0 Å². The van der Waals surface area contributed by atoms with E-state index in [1.165, 1.54) is 14.0 Å². The maximum atomic E-state index is 11.9. The summed E-state index contributed by atoms with van der Waals surface area (Å²) >= 11 is 0. The summed E-state index contributed by atoms with van der Waals surface area (Å²) in [6.07, 6.45) is -3.76. The standard InChI is InChI=1S/C8H16F3NO/c1-4-7(2,13)5-12(3)6-8(9,10)11/h13H,4-6H2,1-3H3. The smallest absolute Gasteiger partial charge is 0.389 e. The summed E-state index contributed by atoms with van der Waals surface area (Å²) in [5.41, 5.74) is -1.04. The molecule has 0 aromatic rings. The van der Waals surface area contributed by atoms with Gasteiger partial charge in [0.1, 0.15) is 0 Å². The molecule has 2 nitrogen and oxygen atoms in total. The van der Waals surface area contributed by atoms with Crippen LogP contribution < -0.4 is 0 Å². The maximum absolute atomic E-state index is 11.9.